The molecule has 2 aromatic rings. The van der Waals surface area contributed by atoms with Crippen molar-refractivity contribution in [2.24, 2.45) is 0 Å². The SMILES string of the molecule is CN(CCc1cccs1)C(=O)Nc1cnn(CC2CCCO2)c1. The molecular formula is C16H22N4O2S. The first-order valence-electron chi connectivity index (χ1n) is 7.89. The van der Waals surface area contributed by atoms with E-state index in [1.165, 1.54) is 4.88 Å². The van der Waals surface area contributed by atoms with Crippen molar-refractivity contribution in [1.29, 1.82) is 0 Å². The maximum Gasteiger partial charge on any atom is 0.321 e. The zero-order valence-corrected chi connectivity index (χ0v) is 14.1. The van der Waals surface area contributed by atoms with Gasteiger partial charge in [-0.3, -0.25) is 4.68 Å². The van der Waals surface area contributed by atoms with E-state index in [4.69, 9.17) is 4.74 Å². The molecule has 6 nitrogen and oxygen atoms in total. The van der Waals surface area contributed by atoms with Crippen LogP contribution in [0.4, 0.5) is 10.5 Å². The van der Waals surface area contributed by atoms with Crippen LogP contribution in [0.2, 0.25) is 0 Å². The lowest BCUT2D eigenvalue weighted by molar-refractivity contribution is 0.0940. The fraction of sp³-hybridized carbons (Fsp3) is 0.500. The van der Waals surface area contributed by atoms with Crippen LogP contribution in [-0.2, 0) is 17.7 Å². The highest BCUT2D eigenvalue weighted by Crippen LogP contribution is 2.15. The second kappa shape index (κ2) is 7.61. The van der Waals surface area contributed by atoms with Crippen LogP contribution in [0.5, 0.6) is 0 Å². The number of urea groups is 1. The molecule has 1 N–H and O–H groups in total. The first-order chi connectivity index (χ1) is 11.2. The van der Waals surface area contributed by atoms with Crippen molar-refractivity contribution >= 4 is 23.1 Å². The lowest BCUT2D eigenvalue weighted by atomic mass is 10.2. The van der Waals surface area contributed by atoms with E-state index in [9.17, 15) is 4.79 Å². The van der Waals surface area contributed by atoms with Crippen molar-refractivity contribution in [3.8, 4) is 0 Å². The topological polar surface area (TPSA) is 59.4 Å². The minimum Gasteiger partial charge on any atom is -0.376 e. The summed E-state index contributed by atoms with van der Waals surface area (Å²) in [5, 5.41) is 9.22. The predicted molar refractivity (Wildman–Crippen MR) is 90.9 cm³/mol. The molecule has 0 radical (unpaired) electrons. The number of rotatable bonds is 6. The molecular weight excluding hydrogens is 312 g/mol. The third-order valence-electron chi connectivity index (χ3n) is 3.92. The molecule has 0 bridgehead atoms. The van der Waals surface area contributed by atoms with Crippen LogP contribution in [0.3, 0.4) is 0 Å². The Labute approximate surface area is 140 Å². The molecule has 3 heterocycles. The van der Waals surface area contributed by atoms with E-state index in [-0.39, 0.29) is 12.1 Å². The number of aromatic nitrogens is 2. The van der Waals surface area contributed by atoms with Gasteiger partial charge in [0, 0.05) is 31.3 Å². The second-order valence-electron chi connectivity index (χ2n) is 5.77. The molecule has 23 heavy (non-hydrogen) atoms. The van der Waals surface area contributed by atoms with Crippen LogP contribution in [-0.4, -0.2) is 47.0 Å². The average molecular weight is 334 g/mol. The molecule has 1 atom stereocenters. The minimum atomic E-state index is -0.113. The normalized spacial score (nSPS) is 17.3. The molecule has 1 saturated heterocycles. The van der Waals surface area contributed by atoms with Gasteiger partial charge in [-0.15, -0.1) is 11.3 Å². The first kappa shape index (κ1) is 16.0. The molecule has 1 unspecified atom stereocenters. The molecule has 0 saturated carbocycles. The highest BCUT2D eigenvalue weighted by Gasteiger charge is 2.17. The number of carbonyl (C=O) groups is 1. The Hall–Kier alpha value is -1.86. The zero-order chi connectivity index (χ0) is 16.1. The third-order valence-corrected chi connectivity index (χ3v) is 4.86. The predicted octanol–water partition coefficient (Wildman–Crippen LogP) is 2.83. The molecule has 2 aromatic heterocycles. The fourth-order valence-corrected chi connectivity index (χ4v) is 3.28. The molecule has 1 aliphatic rings. The minimum absolute atomic E-state index is 0.113. The summed E-state index contributed by atoms with van der Waals surface area (Å²) in [4.78, 5) is 15.2. The summed E-state index contributed by atoms with van der Waals surface area (Å²) in [6.07, 6.45) is 6.84. The smallest absolute Gasteiger partial charge is 0.321 e. The van der Waals surface area contributed by atoms with Gasteiger partial charge in [-0.1, -0.05) is 6.07 Å². The van der Waals surface area contributed by atoms with E-state index in [1.54, 1.807) is 29.5 Å². The van der Waals surface area contributed by atoms with Crippen molar-refractivity contribution in [3.63, 3.8) is 0 Å². The Bertz CT molecular complexity index is 620. The van der Waals surface area contributed by atoms with Crippen molar-refractivity contribution in [2.75, 3.05) is 25.5 Å². The van der Waals surface area contributed by atoms with Crippen LogP contribution >= 0.6 is 11.3 Å². The number of anilines is 1. The number of amides is 2. The number of thiophene rings is 1. The van der Waals surface area contributed by atoms with E-state index in [2.05, 4.69) is 21.9 Å². The standard InChI is InChI=1S/C16H22N4O2S/c1-19(7-6-15-5-3-9-23-15)16(21)18-13-10-17-20(11-13)12-14-4-2-8-22-14/h3,5,9-11,14H,2,4,6-8,12H2,1H3,(H,18,21). The number of carbonyl (C=O) groups excluding carboxylic acids is 1. The summed E-state index contributed by atoms with van der Waals surface area (Å²) in [7, 11) is 1.81. The molecule has 7 heteroatoms. The molecule has 0 aliphatic carbocycles. The van der Waals surface area contributed by atoms with Crippen molar-refractivity contribution in [3.05, 3.63) is 34.8 Å². The number of ether oxygens (including phenoxy) is 1. The second-order valence-corrected chi connectivity index (χ2v) is 6.80. The lowest BCUT2D eigenvalue weighted by Crippen LogP contribution is -2.32. The summed E-state index contributed by atoms with van der Waals surface area (Å²) >= 11 is 1.72. The first-order valence-corrected chi connectivity index (χ1v) is 8.77. The quantitative estimate of drug-likeness (QED) is 0.884. The van der Waals surface area contributed by atoms with E-state index in [0.29, 0.717) is 6.54 Å². The Morgan fingerprint density at radius 3 is 3.26 bits per heavy atom. The maximum atomic E-state index is 12.2. The highest BCUT2D eigenvalue weighted by atomic mass is 32.1. The summed E-state index contributed by atoms with van der Waals surface area (Å²) in [6, 6.07) is 4.01. The summed E-state index contributed by atoms with van der Waals surface area (Å²) in [5.74, 6) is 0. The van der Waals surface area contributed by atoms with Crippen LogP contribution in [0.15, 0.2) is 29.9 Å². The van der Waals surface area contributed by atoms with E-state index < -0.39 is 0 Å². The Balaban J connectivity index is 1.46. The largest absolute Gasteiger partial charge is 0.376 e. The Morgan fingerprint density at radius 2 is 2.52 bits per heavy atom. The zero-order valence-electron chi connectivity index (χ0n) is 13.3. The third kappa shape index (κ3) is 4.56. The van der Waals surface area contributed by atoms with Gasteiger partial charge < -0.3 is 15.0 Å². The molecule has 0 spiro atoms. The molecule has 1 fully saturated rings. The molecule has 124 valence electrons. The Morgan fingerprint density at radius 1 is 1.61 bits per heavy atom. The molecule has 0 aromatic carbocycles. The van der Waals surface area contributed by atoms with Gasteiger partial charge in [-0.2, -0.15) is 5.10 Å². The number of nitrogens with one attached hydrogen (secondary N) is 1. The average Bonchev–Trinajstić information content (AvgIpc) is 3.28. The van der Waals surface area contributed by atoms with Gasteiger partial charge >= 0.3 is 6.03 Å². The summed E-state index contributed by atoms with van der Waals surface area (Å²) in [5.41, 5.74) is 0.718. The lowest BCUT2D eigenvalue weighted by Gasteiger charge is -2.16. The maximum absolute atomic E-state index is 12.2. The monoisotopic (exact) mass is 334 g/mol. The van der Waals surface area contributed by atoms with Gasteiger partial charge in [0.15, 0.2) is 0 Å². The van der Waals surface area contributed by atoms with Gasteiger partial charge in [-0.25, -0.2) is 4.79 Å². The number of hydrogen-bond donors (Lipinski definition) is 1. The van der Waals surface area contributed by atoms with Crippen LogP contribution in [0, 0.1) is 0 Å². The fourth-order valence-electron chi connectivity index (χ4n) is 2.58. The van der Waals surface area contributed by atoms with E-state index >= 15 is 0 Å². The van der Waals surface area contributed by atoms with Gasteiger partial charge in [0.05, 0.1) is 24.5 Å². The van der Waals surface area contributed by atoms with E-state index in [0.717, 1.165) is 38.1 Å². The van der Waals surface area contributed by atoms with Crippen LogP contribution < -0.4 is 5.32 Å². The van der Waals surface area contributed by atoms with Crippen molar-refractivity contribution in [1.82, 2.24) is 14.7 Å². The number of nitrogens with zero attached hydrogens (tertiary/aromatic N) is 3. The summed E-state index contributed by atoms with van der Waals surface area (Å²) in [6.45, 7) is 2.27. The van der Waals surface area contributed by atoms with E-state index in [1.807, 2.05) is 16.9 Å². The van der Waals surface area contributed by atoms with Crippen LogP contribution in [0.1, 0.15) is 17.7 Å². The van der Waals surface area contributed by atoms with Crippen molar-refractivity contribution in [2.45, 2.75) is 31.9 Å². The molecule has 1 aliphatic heterocycles. The molecule has 2 amide bonds. The van der Waals surface area contributed by atoms with Gasteiger partial charge in [-0.05, 0) is 30.7 Å². The van der Waals surface area contributed by atoms with Gasteiger partial charge in [0.2, 0.25) is 0 Å². The van der Waals surface area contributed by atoms with Gasteiger partial charge in [0.1, 0.15) is 0 Å². The summed E-state index contributed by atoms with van der Waals surface area (Å²) < 4.78 is 7.43. The van der Waals surface area contributed by atoms with Crippen LogP contribution in [0.25, 0.3) is 0 Å². The highest BCUT2D eigenvalue weighted by molar-refractivity contribution is 7.09. The Kier molecular flexibility index (Phi) is 5.30. The van der Waals surface area contributed by atoms with Gasteiger partial charge in [0.25, 0.3) is 0 Å². The molecule has 3 rings (SSSR count). The number of likely N-dealkylation sites (N-methyl/N-ethyl adjacent to an activating group) is 1. The number of hydrogen-bond acceptors (Lipinski definition) is 4. The van der Waals surface area contributed by atoms with Crippen molar-refractivity contribution < 1.29 is 9.53 Å².